The Morgan fingerprint density at radius 2 is 2.00 bits per heavy atom. The van der Waals surface area contributed by atoms with Crippen LogP contribution in [0.4, 0.5) is 0 Å². The van der Waals surface area contributed by atoms with Crippen LogP contribution < -0.4 is 0 Å². The fourth-order valence-electron chi connectivity index (χ4n) is 2.85. The summed E-state index contributed by atoms with van der Waals surface area (Å²) in [7, 11) is 0. The molecule has 2 aliphatic carbocycles. The fraction of sp³-hybridized carbons (Fsp3) is 0.923. The first kappa shape index (κ1) is 11.1. The fourth-order valence-corrected chi connectivity index (χ4v) is 2.85. The van der Waals surface area contributed by atoms with Crippen LogP contribution >= 0.6 is 0 Å². The van der Waals surface area contributed by atoms with E-state index < -0.39 is 0 Å². The van der Waals surface area contributed by atoms with Gasteiger partial charge in [0.2, 0.25) is 0 Å². The molecule has 0 aromatic rings. The van der Waals surface area contributed by atoms with Gasteiger partial charge in [-0.05, 0) is 33.1 Å². The van der Waals surface area contributed by atoms with E-state index in [0.29, 0.717) is 12.2 Å². The third kappa shape index (κ3) is 1.73. The molecule has 1 spiro atoms. The van der Waals surface area contributed by atoms with Crippen LogP contribution in [0.1, 0.15) is 59.3 Å². The number of hydrogen-bond acceptors (Lipinski definition) is 2. The number of Topliss-reactive ketones (excluding diaryl/α,β-unsaturated/α-hetero) is 1. The van der Waals surface area contributed by atoms with Gasteiger partial charge in [0.05, 0.1) is 17.1 Å². The van der Waals surface area contributed by atoms with Crippen LogP contribution in [0.3, 0.4) is 0 Å². The Balaban J connectivity index is 2.03. The van der Waals surface area contributed by atoms with Crippen molar-refractivity contribution >= 4 is 5.78 Å². The molecule has 1 atom stereocenters. The predicted molar refractivity (Wildman–Crippen MR) is 59.8 cm³/mol. The lowest BCUT2D eigenvalue weighted by Gasteiger charge is -2.48. The zero-order valence-corrected chi connectivity index (χ0v) is 10.1. The molecule has 15 heavy (non-hydrogen) atoms. The van der Waals surface area contributed by atoms with E-state index in [0.717, 1.165) is 19.3 Å². The highest BCUT2D eigenvalue weighted by molar-refractivity contribution is 5.92. The lowest BCUT2D eigenvalue weighted by atomic mass is 9.63. The third-order valence-electron chi connectivity index (χ3n) is 4.35. The summed E-state index contributed by atoms with van der Waals surface area (Å²) in [5, 5.41) is 0. The first-order chi connectivity index (χ1) is 7.00. The molecule has 2 aliphatic rings. The maximum atomic E-state index is 11.8. The molecule has 0 N–H and O–H groups in total. The Hall–Kier alpha value is -0.370. The average molecular weight is 210 g/mol. The van der Waals surface area contributed by atoms with Crippen LogP contribution in [0.2, 0.25) is 0 Å². The Labute approximate surface area is 92.4 Å². The van der Waals surface area contributed by atoms with Crippen molar-refractivity contribution in [3.8, 4) is 0 Å². The highest BCUT2D eigenvalue weighted by Gasteiger charge is 2.57. The van der Waals surface area contributed by atoms with Crippen LogP contribution in [0.5, 0.6) is 0 Å². The van der Waals surface area contributed by atoms with Crippen molar-refractivity contribution in [3.05, 3.63) is 0 Å². The van der Waals surface area contributed by atoms with E-state index in [1.54, 1.807) is 0 Å². The Kier molecular flexibility index (Phi) is 2.66. The summed E-state index contributed by atoms with van der Waals surface area (Å²) < 4.78 is 6.11. The van der Waals surface area contributed by atoms with Crippen LogP contribution in [-0.2, 0) is 9.53 Å². The van der Waals surface area contributed by atoms with E-state index in [1.807, 2.05) is 0 Å². The van der Waals surface area contributed by atoms with Gasteiger partial charge in [0.25, 0.3) is 0 Å². The minimum atomic E-state index is -0.0685. The molecular formula is C13H22O2. The highest BCUT2D eigenvalue weighted by Crippen LogP contribution is 2.53. The van der Waals surface area contributed by atoms with Crippen molar-refractivity contribution in [2.24, 2.45) is 5.41 Å². The molecule has 0 aromatic carbocycles. The topological polar surface area (TPSA) is 26.3 Å². The van der Waals surface area contributed by atoms with Crippen LogP contribution in [0.15, 0.2) is 0 Å². The number of hydrogen-bond donors (Lipinski definition) is 0. The van der Waals surface area contributed by atoms with Gasteiger partial charge in [-0.2, -0.15) is 0 Å². The largest absolute Gasteiger partial charge is 0.371 e. The molecule has 2 heteroatoms. The Morgan fingerprint density at radius 3 is 2.47 bits per heavy atom. The molecule has 0 radical (unpaired) electrons. The molecule has 2 saturated carbocycles. The van der Waals surface area contributed by atoms with Crippen molar-refractivity contribution in [3.63, 3.8) is 0 Å². The quantitative estimate of drug-likeness (QED) is 0.715. The van der Waals surface area contributed by atoms with Gasteiger partial charge in [-0.3, -0.25) is 4.79 Å². The molecule has 0 amide bonds. The Morgan fingerprint density at radius 1 is 1.40 bits per heavy atom. The molecule has 0 saturated heterocycles. The molecule has 0 aromatic heterocycles. The monoisotopic (exact) mass is 210 g/mol. The van der Waals surface area contributed by atoms with Crippen molar-refractivity contribution in [1.82, 2.24) is 0 Å². The molecule has 1 unspecified atom stereocenters. The number of ketones is 1. The van der Waals surface area contributed by atoms with Gasteiger partial charge in [-0.25, -0.2) is 0 Å². The second-order valence-electron chi connectivity index (χ2n) is 5.71. The molecule has 0 heterocycles. The maximum absolute atomic E-state index is 11.8. The lowest BCUT2D eigenvalue weighted by molar-refractivity contribution is -0.184. The normalized spacial score (nSPS) is 29.5. The minimum Gasteiger partial charge on any atom is -0.371 e. The third-order valence-corrected chi connectivity index (χ3v) is 4.35. The molecule has 2 rings (SSSR count). The van der Waals surface area contributed by atoms with Gasteiger partial charge < -0.3 is 4.74 Å². The summed E-state index contributed by atoms with van der Waals surface area (Å²) in [6, 6.07) is 0. The van der Waals surface area contributed by atoms with Crippen molar-refractivity contribution in [2.45, 2.75) is 71.0 Å². The lowest BCUT2D eigenvalue weighted by Crippen LogP contribution is -2.56. The van der Waals surface area contributed by atoms with E-state index in [-0.39, 0.29) is 17.1 Å². The van der Waals surface area contributed by atoms with Gasteiger partial charge in [0.15, 0.2) is 0 Å². The first-order valence-electron chi connectivity index (χ1n) is 6.21. The minimum absolute atomic E-state index is 0.0631. The molecule has 2 fully saturated rings. The molecule has 86 valence electrons. The van der Waals surface area contributed by atoms with Crippen molar-refractivity contribution in [2.75, 3.05) is 0 Å². The smallest absolute Gasteiger partial charge is 0.144 e. The predicted octanol–water partition coefficient (Wildman–Crippen LogP) is 3.09. The maximum Gasteiger partial charge on any atom is 0.144 e. The van der Waals surface area contributed by atoms with Crippen LogP contribution in [0, 0.1) is 5.41 Å². The number of carbonyl (C=O) groups is 1. The Bertz CT molecular complexity index is 262. The van der Waals surface area contributed by atoms with Gasteiger partial charge in [0.1, 0.15) is 5.78 Å². The summed E-state index contributed by atoms with van der Waals surface area (Å²) in [5.41, 5.74) is -0.132. The standard InChI is InChI=1S/C13H22O2/c1-4-12(2,3)15-11-9-10(14)13(11)7-5-6-8-13/h11H,4-9H2,1-3H3. The summed E-state index contributed by atoms with van der Waals surface area (Å²) in [6.07, 6.45) is 6.42. The second kappa shape index (κ2) is 3.58. The summed E-state index contributed by atoms with van der Waals surface area (Å²) in [6.45, 7) is 6.39. The summed E-state index contributed by atoms with van der Waals surface area (Å²) in [4.78, 5) is 11.8. The zero-order valence-electron chi connectivity index (χ0n) is 10.1. The number of carbonyl (C=O) groups excluding carboxylic acids is 1. The number of ether oxygens (including phenoxy) is 1. The number of rotatable bonds is 3. The van der Waals surface area contributed by atoms with Crippen molar-refractivity contribution in [1.29, 1.82) is 0 Å². The van der Waals surface area contributed by atoms with Gasteiger partial charge in [0, 0.05) is 6.42 Å². The van der Waals surface area contributed by atoms with E-state index in [4.69, 9.17) is 4.74 Å². The average Bonchev–Trinajstić information content (AvgIpc) is 2.68. The van der Waals surface area contributed by atoms with Gasteiger partial charge >= 0.3 is 0 Å². The van der Waals surface area contributed by atoms with E-state index in [1.165, 1.54) is 12.8 Å². The van der Waals surface area contributed by atoms with Gasteiger partial charge in [-0.15, -0.1) is 0 Å². The van der Waals surface area contributed by atoms with Crippen LogP contribution in [-0.4, -0.2) is 17.5 Å². The van der Waals surface area contributed by atoms with Crippen molar-refractivity contribution < 1.29 is 9.53 Å². The van der Waals surface area contributed by atoms with E-state index in [2.05, 4.69) is 20.8 Å². The highest BCUT2D eigenvalue weighted by atomic mass is 16.5. The molecule has 2 nitrogen and oxygen atoms in total. The molecule has 0 aliphatic heterocycles. The second-order valence-corrected chi connectivity index (χ2v) is 5.71. The van der Waals surface area contributed by atoms with Gasteiger partial charge in [-0.1, -0.05) is 19.8 Å². The van der Waals surface area contributed by atoms with E-state index >= 15 is 0 Å². The molecular weight excluding hydrogens is 188 g/mol. The first-order valence-corrected chi connectivity index (χ1v) is 6.21. The SMILES string of the molecule is CCC(C)(C)OC1CC(=O)C12CCCC2. The summed E-state index contributed by atoms with van der Waals surface area (Å²) in [5.74, 6) is 0.455. The van der Waals surface area contributed by atoms with Crippen LogP contribution in [0.25, 0.3) is 0 Å². The summed E-state index contributed by atoms with van der Waals surface area (Å²) >= 11 is 0. The van der Waals surface area contributed by atoms with E-state index in [9.17, 15) is 4.79 Å². The molecule has 0 bridgehead atoms. The zero-order chi connectivity index (χ0) is 11.1.